The predicted octanol–water partition coefficient (Wildman–Crippen LogP) is 1.92. The van der Waals surface area contributed by atoms with E-state index in [1.54, 1.807) is 0 Å². The molecule has 3 nitrogen and oxygen atoms in total. The first kappa shape index (κ1) is 10.5. The molecule has 0 aromatic heterocycles. The highest BCUT2D eigenvalue weighted by molar-refractivity contribution is 5.58. The number of alkyl halides is 3. The minimum atomic E-state index is -4.43. The lowest BCUT2D eigenvalue weighted by Gasteiger charge is -2.10. The Morgan fingerprint density at radius 2 is 2.00 bits per heavy atom. The summed E-state index contributed by atoms with van der Waals surface area (Å²) in [4.78, 5) is 0. The van der Waals surface area contributed by atoms with Crippen molar-refractivity contribution in [2.45, 2.75) is 6.18 Å². The standard InChI is InChI=1S/C8H8F3NO2/c9-8(10,11)4-14-6-3-1-2-5(12)7(6)13/h1-3,13H,4,12H2. The molecule has 0 aliphatic heterocycles. The maximum absolute atomic E-state index is 11.7. The molecule has 1 aromatic rings. The normalized spacial score (nSPS) is 11.4. The van der Waals surface area contributed by atoms with Gasteiger partial charge in [-0.1, -0.05) is 6.07 Å². The Labute approximate surface area is 77.9 Å². The second-order valence-corrected chi connectivity index (χ2v) is 2.60. The van der Waals surface area contributed by atoms with Crippen LogP contribution in [0.4, 0.5) is 18.9 Å². The molecule has 1 rings (SSSR count). The van der Waals surface area contributed by atoms with Crippen LogP contribution in [0.25, 0.3) is 0 Å². The van der Waals surface area contributed by atoms with E-state index in [1.165, 1.54) is 18.2 Å². The number of aromatic hydroxyl groups is 1. The smallest absolute Gasteiger partial charge is 0.422 e. The van der Waals surface area contributed by atoms with Gasteiger partial charge >= 0.3 is 6.18 Å². The van der Waals surface area contributed by atoms with Crippen LogP contribution in [-0.2, 0) is 0 Å². The molecule has 0 spiro atoms. The van der Waals surface area contributed by atoms with E-state index in [2.05, 4.69) is 4.74 Å². The first-order valence-electron chi connectivity index (χ1n) is 3.67. The number of nitrogens with two attached hydrogens (primary N) is 1. The van der Waals surface area contributed by atoms with Crippen LogP contribution >= 0.6 is 0 Å². The van der Waals surface area contributed by atoms with Crippen molar-refractivity contribution < 1.29 is 23.0 Å². The summed E-state index contributed by atoms with van der Waals surface area (Å²) in [7, 11) is 0. The molecule has 0 atom stereocenters. The number of ether oxygens (including phenoxy) is 1. The molecule has 0 fully saturated rings. The van der Waals surface area contributed by atoms with Gasteiger partial charge in [-0.2, -0.15) is 13.2 Å². The first-order valence-corrected chi connectivity index (χ1v) is 3.67. The topological polar surface area (TPSA) is 55.5 Å². The summed E-state index contributed by atoms with van der Waals surface area (Å²) < 4.78 is 39.5. The zero-order chi connectivity index (χ0) is 10.8. The molecular weight excluding hydrogens is 199 g/mol. The molecule has 0 amide bonds. The average molecular weight is 207 g/mol. The fourth-order valence-electron chi connectivity index (χ4n) is 0.815. The van der Waals surface area contributed by atoms with Crippen LogP contribution in [0.3, 0.4) is 0 Å². The molecule has 0 heterocycles. The van der Waals surface area contributed by atoms with Gasteiger partial charge in [-0.05, 0) is 12.1 Å². The van der Waals surface area contributed by atoms with Gasteiger partial charge in [0.2, 0.25) is 0 Å². The minimum Gasteiger partial charge on any atom is -0.503 e. The van der Waals surface area contributed by atoms with Crippen LogP contribution in [0.5, 0.6) is 11.5 Å². The van der Waals surface area contributed by atoms with E-state index in [0.29, 0.717) is 0 Å². The number of para-hydroxylation sites is 1. The van der Waals surface area contributed by atoms with E-state index in [4.69, 9.17) is 5.73 Å². The van der Waals surface area contributed by atoms with Gasteiger partial charge in [0.25, 0.3) is 0 Å². The number of hydrogen-bond acceptors (Lipinski definition) is 3. The van der Waals surface area contributed by atoms with Gasteiger partial charge in [0.15, 0.2) is 18.1 Å². The zero-order valence-corrected chi connectivity index (χ0v) is 7.01. The van der Waals surface area contributed by atoms with Crippen LogP contribution in [-0.4, -0.2) is 17.9 Å². The Balaban J connectivity index is 2.73. The van der Waals surface area contributed by atoms with Crippen molar-refractivity contribution in [1.29, 1.82) is 0 Å². The van der Waals surface area contributed by atoms with Crippen molar-refractivity contribution in [1.82, 2.24) is 0 Å². The number of nitrogen functional groups attached to an aromatic ring is 1. The highest BCUT2D eigenvalue weighted by atomic mass is 19.4. The van der Waals surface area contributed by atoms with E-state index in [9.17, 15) is 18.3 Å². The summed E-state index contributed by atoms with van der Waals surface area (Å²) in [6, 6.07) is 3.95. The number of rotatable bonds is 2. The third kappa shape index (κ3) is 2.72. The SMILES string of the molecule is Nc1cccc(OCC(F)(F)F)c1O. The maximum atomic E-state index is 11.7. The third-order valence-corrected chi connectivity index (χ3v) is 1.42. The minimum absolute atomic E-state index is 0.0234. The molecule has 14 heavy (non-hydrogen) atoms. The second-order valence-electron chi connectivity index (χ2n) is 2.60. The molecule has 6 heteroatoms. The van der Waals surface area contributed by atoms with Crippen LogP contribution in [0.1, 0.15) is 0 Å². The quantitative estimate of drug-likeness (QED) is 0.575. The fraction of sp³-hybridized carbons (Fsp3) is 0.250. The molecule has 0 aliphatic carbocycles. The Hall–Kier alpha value is -1.59. The fourth-order valence-corrected chi connectivity index (χ4v) is 0.815. The third-order valence-electron chi connectivity index (χ3n) is 1.42. The van der Waals surface area contributed by atoms with Gasteiger partial charge in [0.05, 0.1) is 5.69 Å². The summed E-state index contributed by atoms with van der Waals surface area (Å²) in [5.41, 5.74) is 5.23. The molecule has 0 unspecified atom stereocenters. The van der Waals surface area contributed by atoms with E-state index in [1.807, 2.05) is 0 Å². The van der Waals surface area contributed by atoms with Crippen LogP contribution < -0.4 is 10.5 Å². The van der Waals surface area contributed by atoms with Gasteiger partial charge < -0.3 is 15.6 Å². The van der Waals surface area contributed by atoms with Crippen molar-refractivity contribution in [3.8, 4) is 11.5 Å². The molecule has 78 valence electrons. The Kier molecular flexibility index (Phi) is 2.73. The molecule has 0 aliphatic rings. The molecule has 0 bridgehead atoms. The van der Waals surface area contributed by atoms with Gasteiger partial charge in [0, 0.05) is 0 Å². The average Bonchev–Trinajstić information content (AvgIpc) is 2.06. The molecule has 0 radical (unpaired) electrons. The summed E-state index contributed by atoms with van der Waals surface area (Å²) in [6.07, 6.45) is -4.43. The summed E-state index contributed by atoms with van der Waals surface area (Å²) in [5, 5.41) is 9.18. The zero-order valence-electron chi connectivity index (χ0n) is 7.01. The maximum Gasteiger partial charge on any atom is 0.422 e. The van der Waals surface area contributed by atoms with E-state index < -0.39 is 18.5 Å². The van der Waals surface area contributed by atoms with Gasteiger partial charge in [-0.25, -0.2) is 0 Å². The summed E-state index contributed by atoms with van der Waals surface area (Å²) in [6.45, 7) is -1.45. The van der Waals surface area contributed by atoms with Crippen molar-refractivity contribution >= 4 is 5.69 Å². The number of phenolic OH excluding ortho intramolecular Hbond substituents is 1. The Bertz CT molecular complexity index is 325. The number of anilines is 1. The second kappa shape index (κ2) is 3.65. The lowest BCUT2D eigenvalue weighted by atomic mass is 10.3. The Morgan fingerprint density at radius 1 is 1.36 bits per heavy atom. The van der Waals surface area contributed by atoms with Crippen LogP contribution in [0.15, 0.2) is 18.2 Å². The lowest BCUT2D eigenvalue weighted by Crippen LogP contribution is -2.19. The summed E-state index contributed by atoms with van der Waals surface area (Å²) >= 11 is 0. The number of hydrogen-bond donors (Lipinski definition) is 2. The van der Waals surface area contributed by atoms with Gasteiger partial charge in [-0.3, -0.25) is 0 Å². The number of benzene rings is 1. The van der Waals surface area contributed by atoms with Gasteiger partial charge in [-0.15, -0.1) is 0 Å². The van der Waals surface area contributed by atoms with Crippen molar-refractivity contribution in [2.24, 2.45) is 0 Å². The molecule has 0 saturated carbocycles. The molecular formula is C8H8F3NO2. The Morgan fingerprint density at radius 3 is 2.57 bits per heavy atom. The van der Waals surface area contributed by atoms with Crippen LogP contribution in [0, 0.1) is 0 Å². The first-order chi connectivity index (χ1) is 6.40. The van der Waals surface area contributed by atoms with Gasteiger partial charge in [0.1, 0.15) is 0 Å². The molecule has 0 saturated heterocycles. The van der Waals surface area contributed by atoms with E-state index in [0.717, 1.165) is 0 Å². The number of halogens is 3. The number of phenols is 1. The molecule has 3 N–H and O–H groups in total. The summed E-state index contributed by atoms with van der Waals surface area (Å²) in [5.74, 6) is -0.751. The van der Waals surface area contributed by atoms with Crippen LogP contribution in [0.2, 0.25) is 0 Å². The largest absolute Gasteiger partial charge is 0.503 e. The van der Waals surface area contributed by atoms with E-state index >= 15 is 0 Å². The highest BCUT2D eigenvalue weighted by Gasteiger charge is 2.28. The van der Waals surface area contributed by atoms with Crippen molar-refractivity contribution in [3.05, 3.63) is 18.2 Å². The monoisotopic (exact) mass is 207 g/mol. The lowest BCUT2D eigenvalue weighted by molar-refractivity contribution is -0.153. The molecule has 1 aromatic carbocycles. The highest BCUT2D eigenvalue weighted by Crippen LogP contribution is 2.32. The predicted molar refractivity (Wildman–Crippen MR) is 44.1 cm³/mol. The van der Waals surface area contributed by atoms with Crippen molar-refractivity contribution in [3.63, 3.8) is 0 Å². The van der Waals surface area contributed by atoms with Crippen molar-refractivity contribution in [2.75, 3.05) is 12.3 Å². The van der Waals surface area contributed by atoms with E-state index in [-0.39, 0.29) is 11.4 Å².